The minimum Gasteiger partial charge on any atom is -0.257 e. The third-order valence-electron chi connectivity index (χ3n) is 7.27. The molecule has 0 aromatic heterocycles. The summed E-state index contributed by atoms with van der Waals surface area (Å²) in [4.78, 5) is 14.5. The minimum atomic E-state index is 0.862. The number of hydrogen-bond donors (Lipinski definition) is 0. The fourth-order valence-corrected chi connectivity index (χ4v) is 5.40. The van der Waals surface area contributed by atoms with E-state index in [1.807, 2.05) is 0 Å². The minimum absolute atomic E-state index is 0.862. The van der Waals surface area contributed by atoms with Crippen LogP contribution in [-0.4, -0.2) is 17.1 Å². The highest BCUT2D eigenvalue weighted by atomic mass is 14.8. The molecule has 3 nitrogen and oxygen atoms in total. The predicted octanol–water partition coefficient (Wildman–Crippen LogP) is 7.66. The molecule has 0 bridgehead atoms. The smallest absolute Gasteiger partial charge is 0.0671 e. The number of benzene rings is 4. The van der Waals surface area contributed by atoms with Gasteiger partial charge in [0.15, 0.2) is 0 Å². The van der Waals surface area contributed by atoms with E-state index in [2.05, 4.69) is 97.7 Å². The second-order valence-electron chi connectivity index (χ2n) is 9.89. The lowest BCUT2D eigenvalue weighted by atomic mass is 9.96. The van der Waals surface area contributed by atoms with Crippen molar-refractivity contribution >= 4 is 34.2 Å². The molecule has 168 valence electrons. The van der Waals surface area contributed by atoms with Gasteiger partial charge in [-0.25, -0.2) is 0 Å². The Morgan fingerprint density at radius 1 is 0.457 bits per heavy atom. The van der Waals surface area contributed by atoms with Gasteiger partial charge in [-0.15, -0.1) is 0 Å². The topological polar surface area (TPSA) is 37.1 Å². The van der Waals surface area contributed by atoms with E-state index < -0.39 is 0 Å². The molecule has 0 aliphatic carbocycles. The standard InChI is InChI=1S/C32H25N3/c1-19-3-4-25-17-31(35-30(25)13-19)21-5-7-22(8-6-21)32-18-27-16-24(10-12-29(27)34-32)23-9-11-28-26(15-23)14-20(2)33-28/h3-13,15-16H,14,17-18H2,1-2H3. The number of aryl methyl sites for hydroxylation is 1. The summed E-state index contributed by atoms with van der Waals surface area (Å²) in [7, 11) is 0. The zero-order valence-corrected chi connectivity index (χ0v) is 20.0. The summed E-state index contributed by atoms with van der Waals surface area (Å²) in [6.45, 7) is 4.22. The molecule has 3 aliphatic rings. The molecule has 3 aliphatic heterocycles. The molecule has 0 fully saturated rings. The van der Waals surface area contributed by atoms with Crippen LogP contribution in [0.15, 0.2) is 93.8 Å². The van der Waals surface area contributed by atoms with Crippen LogP contribution in [0.3, 0.4) is 0 Å². The predicted molar refractivity (Wildman–Crippen MR) is 146 cm³/mol. The van der Waals surface area contributed by atoms with Crippen molar-refractivity contribution in [1.29, 1.82) is 0 Å². The Balaban J connectivity index is 1.11. The fraction of sp³-hybridized carbons (Fsp3) is 0.156. The number of rotatable bonds is 3. The highest BCUT2D eigenvalue weighted by molar-refractivity contribution is 6.09. The molecule has 0 radical (unpaired) electrons. The van der Waals surface area contributed by atoms with Crippen molar-refractivity contribution in [1.82, 2.24) is 0 Å². The maximum atomic E-state index is 4.96. The average molecular weight is 452 g/mol. The van der Waals surface area contributed by atoms with Gasteiger partial charge in [-0.05, 0) is 88.7 Å². The zero-order chi connectivity index (χ0) is 23.5. The third-order valence-corrected chi connectivity index (χ3v) is 7.27. The Morgan fingerprint density at radius 3 is 1.69 bits per heavy atom. The van der Waals surface area contributed by atoms with E-state index in [1.165, 1.54) is 50.2 Å². The molecule has 4 aromatic rings. The Kier molecular flexibility index (Phi) is 4.47. The van der Waals surface area contributed by atoms with Crippen molar-refractivity contribution in [3.63, 3.8) is 0 Å². The molecule has 0 atom stereocenters. The molecule has 4 aromatic carbocycles. The van der Waals surface area contributed by atoms with Gasteiger partial charge in [0, 0.05) is 25.0 Å². The van der Waals surface area contributed by atoms with Gasteiger partial charge in [0.2, 0.25) is 0 Å². The van der Waals surface area contributed by atoms with E-state index in [4.69, 9.17) is 9.98 Å². The highest BCUT2D eigenvalue weighted by Gasteiger charge is 2.20. The quantitative estimate of drug-likeness (QED) is 0.307. The molecule has 0 saturated carbocycles. The summed E-state index contributed by atoms with van der Waals surface area (Å²) in [5.74, 6) is 0. The first kappa shape index (κ1) is 20.3. The lowest BCUT2D eigenvalue weighted by Crippen LogP contribution is -2.03. The van der Waals surface area contributed by atoms with Gasteiger partial charge < -0.3 is 0 Å². The van der Waals surface area contributed by atoms with Crippen LogP contribution >= 0.6 is 0 Å². The summed E-state index contributed by atoms with van der Waals surface area (Å²) in [5, 5.41) is 0. The summed E-state index contributed by atoms with van der Waals surface area (Å²) in [5.41, 5.74) is 16.8. The van der Waals surface area contributed by atoms with Crippen molar-refractivity contribution in [3.05, 3.63) is 112 Å². The third kappa shape index (κ3) is 3.55. The monoisotopic (exact) mass is 451 g/mol. The zero-order valence-electron chi connectivity index (χ0n) is 20.0. The first-order valence-electron chi connectivity index (χ1n) is 12.2. The molecule has 3 heteroatoms. The SMILES string of the molecule is CC1=Nc2ccc(-c3ccc4c(c3)CC(c3ccc(C5=Nc6cc(C)ccc6C5)cc3)=N4)cc2C1. The van der Waals surface area contributed by atoms with Gasteiger partial charge in [-0.1, -0.05) is 48.5 Å². The summed E-state index contributed by atoms with van der Waals surface area (Å²) in [6, 6.07) is 28.6. The van der Waals surface area contributed by atoms with Gasteiger partial charge >= 0.3 is 0 Å². The molecule has 0 amide bonds. The second kappa shape index (κ2) is 7.71. The van der Waals surface area contributed by atoms with E-state index in [-0.39, 0.29) is 0 Å². The molecule has 0 spiro atoms. The number of hydrogen-bond acceptors (Lipinski definition) is 3. The molecule has 0 unspecified atom stereocenters. The number of aliphatic imine (C=N–C) groups is 3. The van der Waals surface area contributed by atoms with Crippen LogP contribution in [0.25, 0.3) is 11.1 Å². The van der Waals surface area contributed by atoms with Crippen LogP contribution in [0.5, 0.6) is 0 Å². The highest BCUT2D eigenvalue weighted by Crippen LogP contribution is 2.36. The van der Waals surface area contributed by atoms with E-state index in [0.717, 1.165) is 47.7 Å². The van der Waals surface area contributed by atoms with Gasteiger partial charge in [0.05, 0.1) is 28.5 Å². The fourth-order valence-electron chi connectivity index (χ4n) is 5.40. The lowest BCUT2D eigenvalue weighted by molar-refractivity contribution is 1.35. The Bertz CT molecular complexity index is 1620. The van der Waals surface area contributed by atoms with Crippen molar-refractivity contribution in [3.8, 4) is 11.1 Å². The summed E-state index contributed by atoms with van der Waals surface area (Å²) < 4.78 is 0. The van der Waals surface area contributed by atoms with Crippen LogP contribution in [0.2, 0.25) is 0 Å². The molecule has 7 rings (SSSR count). The largest absolute Gasteiger partial charge is 0.257 e. The molecule has 0 N–H and O–H groups in total. The van der Waals surface area contributed by atoms with Gasteiger partial charge in [-0.2, -0.15) is 0 Å². The summed E-state index contributed by atoms with van der Waals surface area (Å²) >= 11 is 0. The normalized spacial score (nSPS) is 15.3. The molecular weight excluding hydrogens is 426 g/mol. The molecule has 3 heterocycles. The van der Waals surface area contributed by atoms with Crippen molar-refractivity contribution in [2.24, 2.45) is 15.0 Å². The first-order valence-corrected chi connectivity index (χ1v) is 12.2. The van der Waals surface area contributed by atoms with Gasteiger partial charge in [0.1, 0.15) is 0 Å². The molecular formula is C32H25N3. The van der Waals surface area contributed by atoms with Crippen LogP contribution in [0, 0.1) is 6.92 Å². The van der Waals surface area contributed by atoms with Gasteiger partial charge in [0.25, 0.3) is 0 Å². The van der Waals surface area contributed by atoms with Crippen LogP contribution < -0.4 is 0 Å². The van der Waals surface area contributed by atoms with Crippen LogP contribution in [-0.2, 0) is 19.3 Å². The van der Waals surface area contributed by atoms with E-state index in [1.54, 1.807) is 0 Å². The molecule has 0 saturated heterocycles. The first-order chi connectivity index (χ1) is 17.1. The maximum absolute atomic E-state index is 4.96. The van der Waals surface area contributed by atoms with Crippen molar-refractivity contribution < 1.29 is 0 Å². The Morgan fingerprint density at radius 2 is 1.00 bits per heavy atom. The second-order valence-corrected chi connectivity index (χ2v) is 9.89. The van der Waals surface area contributed by atoms with Crippen molar-refractivity contribution in [2.75, 3.05) is 0 Å². The summed E-state index contributed by atoms with van der Waals surface area (Å²) in [6.07, 6.45) is 2.72. The van der Waals surface area contributed by atoms with Gasteiger partial charge in [-0.3, -0.25) is 15.0 Å². The van der Waals surface area contributed by atoms with Crippen molar-refractivity contribution in [2.45, 2.75) is 33.1 Å². The average Bonchev–Trinajstić information content (AvgIpc) is 3.58. The number of fused-ring (bicyclic) bond motifs is 3. The lowest BCUT2D eigenvalue weighted by Gasteiger charge is -2.07. The van der Waals surface area contributed by atoms with Crippen LogP contribution in [0.1, 0.15) is 40.3 Å². The van der Waals surface area contributed by atoms with Crippen LogP contribution in [0.4, 0.5) is 17.1 Å². The van der Waals surface area contributed by atoms with E-state index in [0.29, 0.717) is 0 Å². The van der Waals surface area contributed by atoms with E-state index in [9.17, 15) is 0 Å². The maximum Gasteiger partial charge on any atom is 0.0671 e. The Hall–Kier alpha value is -4.11. The Labute approximate surface area is 205 Å². The number of nitrogens with zero attached hydrogens (tertiary/aromatic N) is 3. The molecule has 35 heavy (non-hydrogen) atoms. The van der Waals surface area contributed by atoms with E-state index >= 15 is 0 Å².